The van der Waals surface area contributed by atoms with Crippen molar-refractivity contribution in [1.29, 1.82) is 0 Å². The van der Waals surface area contributed by atoms with Crippen LogP contribution < -0.4 is 0 Å². The predicted molar refractivity (Wildman–Crippen MR) is 63.8 cm³/mol. The topological polar surface area (TPSA) is 0 Å². The Morgan fingerprint density at radius 1 is 0.750 bits per heavy atom. The zero-order valence-electron chi connectivity index (χ0n) is 7.95. The van der Waals surface area contributed by atoms with E-state index in [1.807, 2.05) is 21.6 Å². The zero-order chi connectivity index (χ0) is 9.07. The first kappa shape index (κ1) is 12.2. The summed E-state index contributed by atoms with van der Waals surface area (Å²) in [7, 11) is 3.84. The first-order chi connectivity index (χ1) is 5.91. The van der Waals surface area contributed by atoms with E-state index in [4.69, 9.17) is 0 Å². The van der Waals surface area contributed by atoms with Gasteiger partial charge in [0.15, 0.2) is 0 Å². The second kappa shape index (κ2) is 11.2. The van der Waals surface area contributed by atoms with Crippen LogP contribution >= 0.6 is 21.6 Å². The van der Waals surface area contributed by atoms with Gasteiger partial charge in [-0.1, -0.05) is 59.7 Å². The zero-order valence-corrected chi connectivity index (χ0v) is 9.59. The van der Waals surface area contributed by atoms with Gasteiger partial charge in [0.05, 0.1) is 0 Å². The van der Waals surface area contributed by atoms with Crippen molar-refractivity contribution in [2.24, 2.45) is 0 Å². The van der Waals surface area contributed by atoms with Gasteiger partial charge in [0, 0.05) is 11.5 Å². The average Bonchev–Trinajstić information content (AvgIpc) is 2.10. The Morgan fingerprint density at radius 2 is 1.17 bits per heavy atom. The number of hydrogen-bond acceptors (Lipinski definition) is 2. The van der Waals surface area contributed by atoms with Crippen molar-refractivity contribution in [3.8, 4) is 0 Å². The van der Waals surface area contributed by atoms with Crippen LogP contribution in [0.4, 0.5) is 0 Å². The maximum Gasteiger partial charge on any atom is 0.0217 e. The summed E-state index contributed by atoms with van der Waals surface area (Å²) in [6.45, 7) is 4.33. The number of allylic oxidation sites excluding steroid dienone is 2. The van der Waals surface area contributed by atoms with Gasteiger partial charge in [-0.15, -0.1) is 0 Å². The fourth-order valence-corrected chi connectivity index (χ4v) is 2.31. The molecular formula is C10H18S2. The Morgan fingerprint density at radius 3 is 1.50 bits per heavy atom. The van der Waals surface area contributed by atoms with Gasteiger partial charge >= 0.3 is 0 Å². The first-order valence-electron chi connectivity index (χ1n) is 4.46. The van der Waals surface area contributed by atoms with E-state index in [-0.39, 0.29) is 0 Å². The second-order valence-electron chi connectivity index (χ2n) is 2.33. The molecule has 0 aromatic rings. The van der Waals surface area contributed by atoms with Crippen molar-refractivity contribution in [3.63, 3.8) is 0 Å². The van der Waals surface area contributed by atoms with Crippen LogP contribution in [0.15, 0.2) is 24.3 Å². The molecule has 2 heteroatoms. The molecule has 0 N–H and O–H groups in total. The van der Waals surface area contributed by atoms with E-state index in [0.29, 0.717) is 0 Å². The third-order valence-electron chi connectivity index (χ3n) is 1.22. The summed E-state index contributed by atoms with van der Waals surface area (Å²) in [6, 6.07) is 0. The highest BCUT2D eigenvalue weighted by atomic mass is 33.1. The van der Waals surface area contributed by atoms with E-state index in [1.165, 1.54) is 0 Å². The average molecular weight is 202 g/mol. The summed E-state index contributed by atoms with van der Waals surface area (Å²) in [5.74, 6) is 2.27. The molecule has 0 bridgehead atoms. The molecule has 0 saturated carbocycles. The molecule has 0 nitrogen and oxygen atoms in total. The molecule has 0 rings (SSSR count). The maximum absolute atomic E-state index is 2.24. The minimum absolute atomic E-state index is 1.14. The third kappa shape index (κ3) is 10.2. The van der Waals surface area contributed by atoms with Gasteiger partial charge in [0.25, 0.3) is 0 Å². The van der Waals surface area contributed by atoms with Crippen LogP contribution in [0.2, 0.25) is 0 Å². The molecule has 0 spiro atoms. The highest BCUT2D eigenvalue weighted by Crippen LogP contribution is 2.20. The van der Waals surface area contributed by atoms with Crippen LogP contribution in [-0.4, -0.2) is 11.5 Å². The molecule has 0 aliphatic rings. The van der Waals surface area contributed by atoms with Crippen molar-refractivity contribution in [2.75, 3.05) is 11.5 Å². The summed E-state index contributed by atoms with van der Waals surface area (Å²) in [5, 5.41) is 0. The molecule has 12 heavy (non-hydrogen) atoms. The Kier molecular flexibility index (Phi) is 11.3. The summed E-state index contributed by atoms with van der Waals surface area (Å²) < 4.78 is 0. The standard InChI is InChI=1S/C10H18S2/c1-3-5-7-9-11-12-10-8-6-4-2/h5-8H,3-4,9-10H2,1-2H3. The smallest absolute Gasteiger partial charge is 0.0217 e. The fraction of sp³-hybridized carbons (Fsp3) is 0.600. The lowest BCUT2D eigenvalue weighted by atomic mass is 10.4. The lowest BCUT2D eigenvalue weighted by Crippen LogP contribution is -1.68. The van der Waals surface area contributed by atoms with Crippen molar-refractivity contribution in [1.82, 2.24) is 0 Å². The van der Waals surface area contributed by atoms with E-state index in [1.54, 1.807) is 0 Å². The highest BCUT2D eigenvalue weighted by Gasteiger charge is 1.82. The lowest BCUT2D eigenvalue weighted by molar-refractivity contribution is 1.22. The van der Waals surface area contributed by atoms with Gasteiger partial charge in [-0.3, -0.25) is 0 Å². The van der Waals surface area contributed by atoms with Crippen molar-refractivity contribution >= 4 is 21.6 Å². The molecule has 0 amide bonds. The Balaban J connectivity index is 3.00. The van der Waals surface area contributed by atoms with E-state index >= 15 is 0 Å². The number of rotatable bonds is 7. The van der Waals surface area contributed by atoms with Gasteiger partial charge in [-0.2, -0.15) is 0 Å². The predicted octanol–water partition coefficient (Wildman–Crippen LogP) is 4.30. The molecule has 0 aliphatic heterocycles. The summed E-state index contributed by atoms with van der Waals surface area (Å²) >= 11 is 0. The van der Waals surface area contributed by atoms with Gasteiger partial charge < -0.3 is 0 Å². The first-order valence-corrected chi connectivity index (χ1v) is 6.95. The Labute approximate surface area is 84.3 Å². The highest BCUT2D eigenvalue weighted by molar-refractivity contribution is 8.76. The van der Waals surface area contributed by atoms with Gasteiger partial charge in [-0.25, -0.2) is 0 Å². The van der Waals surface area contributed by atoms with Crippen LogP contribution in [0, 0.1) is 0 Å². The minimum Gasteiger partial charge on any atom is -0.0897 e. The third-order valence-corrected chi connectivity index (χ3v) is 3.36. The van der Waals surface area contributed by atoms with Crippen LogP contribution in [0.5, 0.6) is 0 Å². The van der Waals surface area contributed by atoms with E-state index in [9.17, 15) is 0 Å². The molecule has 0 aliphatic carbocycles. The molecule has 70 valence electrons. The summed E-state index contributed by atoms with van der Waals surface area (Å²) in [6.07, 6.45) is 11.2. The van der Waals surface area contributed by atoms with E-state index < -0.39 is 0 Å². The quantitative estimate of drug-likeness (QED) is 0.343. The molecule has 0 aromatic heterocycles. The minimum atomic E-state index is 1.14. The lowest BCUT2D eigenvalue weighted by Gasteiger charge is -1.91. The molecule has 0 fully saturated rings. The Hall–Kier alpha value is 0.180. The Bertz CT molecular complexity index is 112. The van der Waals surface area contributed by atoms with Gasteiger partial charge in [0.1, 0.15) is 0 Å². The summed E-state index contributed by atoms with van der Waals surface area (Å²) in [5.41, 5.74) is 0. The van der Waals surface area contributed by atoms with Crippen LogP contribution in [0.1, 0.15) is 26.7 Å². The van der Waals surface area contributed by atoms with E-state index in [0.717, 1.165) is 24.3 Å². The summed E-state index contributed by atoms with van der Waals surface area (Å²) in [4.78, 5) is 0. The van der Waals surface area contributed by atoms with Crippen molar-refractivity contribution < 1.29 is 0 Å². The maximum atomic E-state index is 2.24. The van der Waals surface area contributed by atoms with Crippen molar-refractivity contribution in [2.45, 2.75) is 26.7 Å². The van der Waals surface area contributed by atoms with E-state index in [2.05, 4.69) is 38.2 Å². The number of hydrogen-bond donors (Lipinski definition) is 0. The van der Waals surface area contributed by atoms with Crippen LogP contribution in [0.25, 0.3) is 0 Å². The molecular weight excluding hydrogens is 184 g/mol. The van der Waals surface area contributed by atoms with Gasteiger partial charge in [0.2, 0.25) is 0 Å². The normalized spacial score (nSPS) is 11.8. The molecule has 0 unspecified atom stereocenters. The largest absolute Gasteiger partial charge is 0.0897 e. The van der Waals surface area contributed by atoms with Crippen LogP contribution in [0.3, 0.4) is 0 Å². The van der Waals surface area contributed by atoms with Crippen molar-refractivity contribution in [3.05, 3.63) is 24.3 Å². The molecule has 0 aromatic carbocycles. The van der Waals surface area contributed by atoms with Gasteiger partial charge in [-0.05, 0) is 12.8 Å². The van der Waals surface area contributed by atoms with Crippen LogP contribution in [-0.2, 0) is 0 Å². The molecule has 0 saturated heterocycles. The molecule has 0 radical (unpaired) electrons. The molecule has 0 atom stereocenters. The monoisotopic (exact) mass is 202 g/mol. The molecule has 0 heterocycles. The fourth-order valence-electron chi connectivity index (χ4n) is 0.644. The second-order valence-corrected chi connectivity index (χ2v) is 4.88. The SMILES string of the molecule is CCC=CCSSCC=CCC.